The Kier molecular flexibility index (Phi) is 5.25. The third kappa shape index (κ3) is 4.15. The van der Waals surface area contributed by atoms with Crippen LogP contribution in [0.3, 0.4) is 0 Å². The Balaban J connectivity index is 1.49. The monoisotopic (exact) mass is 378 g/mol. The number of amides is 1. The third-order valence-electron chi connectivity index (χ3n) is 4.51. The summed E-state index contributed by atoms with van der Waals surface area (Å²) in [7, 11) is 0. The van der Waals surface area contributed by atoms with Gasteiger partial charge in [-0.25, -0.2) is 4.39 Å². The lowest BCUT2D eigenvalue weighted by Crippen LogP contribution is -2.36. The Morgan fingerprint density at radius 3 is 2.50 bits per heavy atom. The number of morpholine rings is 1. The first-order valence-corrected chi connectivity index (χ1v) is 9.03. The van der Waals surface area contributed by atoms with Gasteiger partial charge in [0.2, 0.25) is 0 Å². The minimum absolute atomic E-state index is 0.272. The number of halogens is 1. The molecule has 6 nitrogen and oxygen atoms in total. The third-order valence-corrected chi connectivity index (χ3v) is 4.51. The maximum absolute atomic E-state index is 13.0. The molecule has 1 amide bonds. The van der Waals surface area contributed by atoms with Gasteiger partial charge in [0.05, 0.1) is 18.9 Å². The predicted octanol–water partition coefficient (Wildman–Crippen LogP) is 3.37. The highest BCUT2D eigenvalue weighted by Gasteiger charge is 2.14. The lowest BCUT2D eigenvalue weighted by molar-refractivity contribution is 0.102. The summed E-state index contributed by atoms with van der Waals surface area (Å²) in [5, 5.41) is 11.4. The molecule has 3 aromatic rings. The molecule has 0 radical (unpaired) electrons. The lowest BCUT2D eigenvalue weighted by Gasteiger charge is -2.27. The zero-order valence-corrected chi connectivity index (χ0v) is 15.1. The molecule has 1 fully saturated rings. The molecule has 0 bridgehead atoms. The average molecular weight is 378 g/mol. The van der Waals surface area contributed by atoms with Crippen LogP contribution < -0.4 is 10.2 Å². The van der Waals surface area contributed by atoms with Gasteiger partial charge in [0.25, 0.3) is 5.91 Å². The van der Waals surface area contributed by atoms with E-state index in [2.05, 4.69) is 20.4 Å². The molecule has 0 atom stereocenters. The molecule has 7 heteroatoms. The van der Waals surface area contributed by atoms with Gasteiger partial charge in [0, 0.05) is 29.9 Å². The number of carbonyl (C=O) groups is 1. The Bertz CT molecular complexity index is 955. The second kappa shape index (κ2) is 8.14. The summed E-state index contributed by atoms with van der Waals surface area (Å²) in [4.78, 5) is 14.6. The van der Waals surface area contributed by atoms with Crippen LogP contribution >= 0.6 is 0 Å². The van der Waals surface area contributed by atoms with Crippen molar-refractivity contribution < 1.29 is 13.9 Å². The van der Waals surface area contributed by atoms with Crippen molar-refractivity contribution in [2.24, 2.45) is 0 Å². The number of nitrogens with zero attached hydrogens (tertiary/aromatic N) is 3. The average Bonchev–Trinajstić information content (AvgIpc) is 2.76. The number of hydrogen-bond acceptors (Lipinski definition) is 5. The van der Waals surface area contributed by atoms with E-state index in [4.69, 9.17) is 4.74 Å². The topological polar surface area (TPSA) is 67.4 Å². The maximum Gasteiger partial charge on any atom is 0.255 e. The summed E-state index contributed by atoms with van der Waals surface area (Å²) >= 11 is 0. The van der Waals surface area contributed by atoms with Crippen molar-refractivity contribution in [2.75, 3.05) is 36.5 Å². The van der Waals surface area contributed by atoms with E-state index in [1.54, 1.807) is 18.2 Å². The Morgan fingerprint density at radius 2 is 1.79 bits per heavy atom. The molecule has 1 aliphatic heterocycles. The quantitative estimate of drug-likeness (QED) is 0.754. The van der Waals surface area contributed by atoms with E-state index in [9.17, 15) is 9.18 Å². The molecular formula is C21H19FN4O2. The van der Waals surface area contributed by atoms with Crippen molar-refractivity contribution in [3.63, 3.8) is 0 Å². The number of ether oxygens (including phenoxy) is 1. The molecule has 2 heterocycles. The van der Waals surface area contributed by atoms with Crippen molar-refractivity contribution in [2.45, 2.75) is 0 Å². The Hall–Kier alpha value is -3.32. The number of carbonyl (C=O) groups excluding carboxylic acids is 1. The fourth-order valence-corrected chi connectivity index (χ4v) is 3.00. The van der Waals surface area contributed by atoms with Crippen LogP contribution in [0.1, 0.15) is 10.4 Å². The number of rotatable bonds is 4. The van der Waals surface area contributed by atoms with Gasteiger partial charge in [0.1, 0.15) is 5.82 Å². The van der Waals surface area contributed by atoms with Crippen molar-refractivity contribution in [1.29, 1.82) is 0 Å². The summed E-state index contributed by atoms with van der Waals surface area (Å²) in [5.41, 5.74) is 2.51. The summed E-state index contributed by atoms with van der Waals surface area (Å²) in [5.74, 6) is 0.197. The highest BCUT2D eigenvalue weighted by Crippen LogP contribution is 2.21. The van der Waals surface area contributed by atoms with Crippen LogP contribution in [0.2, 0.25) is 0 Å². The van der Waals surface area contributed by atoms with Gasteiger partial charge >= 0.3 is 0 Å². The molecule has 4 rings (SSSR count). The Labute approximate surface area is 162 Å². The molecule has 1 saturated heterocycles. The van der Waals surface area contributed by atoms with Crippen LogP contribution in [0.15, 0.2) is 60.7 Å². The molecule has 0 saturated carbocycles. The van der Waals surface area contributed by atoms with E-state index in [0.717, 1.165) is 24.5 Å². The highest BCUT2D eigenvalue weighted by atomic mass is 19.1. The molecule has 0 aliphatic carbocycles. The van der Waals surface area contributed by atoms with Gasteiger partial charge in [-0.15, -0.1) is 10.2 Å². The molecule has 0 spiro atoms. The minimum atomic E-state index is -0.348. The van der Waals surface area contributed by atoms with Crippen LogP contribution in [-0.2, 0) is 4.74 Å². The zero-order chi connectivity index (χ0) is 19.3. The standard InChI is InChI=1S/C21H19FN4O2/c22-17-4-6-18(7-5-17)23-21(27)16-3-1-2-15(14-16)19-8-9-20(25-24-19)26-10-12-28-13-11-26/h1-9,14H,10-13H2,(H,23,27). The van der Waals surface area contributed by atoms with Crippen molar-refractivity contribution in [3.05, 3.63) is 72.0 Å². The molecule has 2 aromatic carbocycles. The predicted molar refractivity (Wildman–Crippen MR) is 105 cm³/mol. The first-order chi connectivity index (χ1) is 13.7. The molecule has 28 heavy (non-hydrogen) atoms. The normalized spacial score (nSPS) is 14.0. The van der Waals surface area contributed by atoms with Gasteiger partial charge in [-0.05, 0) is 48.5 Å². The van der Waals surface area contributed by atoms with Crippen LogP contribution in [0, 0.1) is 5.82 Å². The SMILES string of the molecule is O=C(Nc1ccc(F)cc1)c1cccc(-c2ccc(N3CCOCC3)nn2)c1. The molecule has 1 aliphatic rings. The second-order valence-corrected chi connectivity index (χ2v) is 6.42. The summed E-state index contributed by atoms with van der Waals surface area (Å²) < 4.78 is 18.4. The van der Waals surface area contributed by atoms with Crippen molar-refractivity contribution in [1.82, 2.24) is 10.2 Å². The number of benzene rings is 2. The molecular weight excluding hydrogens is 359 g/mol. The number of hydrogen-bond donors (Lipinski definition) is 1. The van der Waals surface area contributed by atoms with Gasteiger partial charge in [-0.3, -0.25) is 4.79 Å². The molecule has 0 unspecified atom stereocenters. The van der Waals surface area contributed by atoms with E-state index in [1.165, 1.54) is 24.3 Å². The number of aromatic nitrogens is 2. The number of anilines is 2. The smallest absolute Gasteiger partial charge is 0.255 e. The van der Waals surface area contributed by atoms with Crippen molar-refractivity contribution in [3.8, 4) is 11.3 Å². The first kappa shape index (κ1) is 18.1. The zero-order valence-electron chi connectivity index (χ0n) is 15.1. The maximum atomic E-state index is 13.0. The van der Waals surface area contributed by atoms with Gasteiger partial charge in [0.15, 0.2) is 5.82 Å². The van der Waals surface area contributed by atoms with Gasteiger partial charge in [-0.1, -0.05) is 12.1 Å². The summed E-state index contributed by atoms with van der Waals surface area (Å²) in [6, 6.07) is 16.6. The number of nitrogens with one attached hydrogen (secondary N) is 1. The van der Waals surface area contributed by atoms with Gasteiger partial charge in [-0.2, -0.15) is 0 Å². The van der Waals surface area contributed by atoms with E-state index >= 15 is 0 Å². The summed E-state index contributed by atoms with van der Waals surface area (Å²) in [6.07, 6.45) is 0. The van der Waals surface area contributed by atoms with E-state index < -0.39 is 0 Å². The van der Waals surface area contributed by atoms with E-state index in [-0.39, 0.29) is 11.7 Å². The first-order valence-electron chi connectivity index (χ1n) is 9.03. The largest absolute Gasteiger partial charge is 0.378 e. The highest BCUT2D eigenvalue weighted by molar-refractivity contribution is 6.04. The van der Waals surface area contributed by atoms with Crippen LogP contribution in [0.4, 0.5) is 15.9 Å². The minimum Gasteiger partial charge on any atom is -0.378 e. The Morgan fingerprint density at radius 1 is 1.00 bits per heavy atom. The van der Waals surface area contributed by atoms with Crippen LogP contribution in [0.25, 0.3) is 11.3 Å². The lowest BCUT2D eigenvalue weighted by atomic mass is 10.1. The van der Waals surface area contributed by atoms with E-state index in [0.29, 0.717) is 30.2 Å². The van der Waals surface area contributed by atoms with Crippen molar-refractivity contribution >= 4 is 17.4 Å². The molecule has 142 valence electrons. The van der Waals surface area contributed by atoms with E-state index in [1.807, 2.05) is 18.2 Å². The summed E-state index contributed by atoms with van der Waals surface area (Å²) in [6.45, 7) is 2.98. The van der Waals surface area contributed by atoms with Gasteiger partial charge < -0.3 is 15.0 Å². The van der Waals surface area contributed by atoms with Crippen LogP contribution in [0.5, 0.6) is 0 Å². The fourth-order valence-electron chi connectivity index (χ4n) is 3.00. The molecule has 1 N–H and O–H groups in total. The molecule has 1 aromatic heterocycles. The second-order valence-electron chi connectivity index (χ2n) is 6.42. The van der Waals surface area contributed by atoms with Crippen LogP contribution in [-0.4, -0.2) is 42.4 Å². The fraction of sp³-hybridized carbons (Fsp3) is 0.190.